The number of carbonyl (C=O) groups excluding carboxylic acids is 3. The van der Waals surface area contributed by atoms with Gasteiger partial charge in [-0.1, -0.05) is 49.6 Å². The first-order chi connectivity index (χ1) is 21.2. The monoisotopic (exact) mass is 600 g/mol. The van der Waals surface area contributed by atoms with E-state index in [2.05, 4.69) is 13.2 Å². The van der Waals surface area contributed by atoms with Gasteiger partial charge in [-0.25, -0.2) is 18.8 Å². The summed E-state index contributed by atoms with van der Waals surface area (Å²) in [5, 5.41) is 0. The zero-order valence-corrected chi connectivity index (χ0v) is 24.9. The van der Waals surface area contributed by atoms with Crippen molar-refractivity contribution >= 4 is 24.0 Å². The molecule has 230 valence electrons. The Balaban J connectivity index is 1.41. The Bertz CT molecular complexity index is 1460. The Morgan fingerprint density at radius 1 is 0.795 bits per heavy atom. The standard InChI is InChI=1S/C36H37FO7/c1-4-34(38)42-24-21-27-9-15-31(16-10-27)44-35(39)20-12-28-11-19-32(33(37)25-28)29-13-17-30(18-14-29)41-22-7-5-6-8-23-43-36(40)26(2)3/h4,9-20,25H,1-2,5-8,21-24H2,3H3. The van der Waals surface area contributed by atoms with E-state index in [4.69, 9.17) is 18.9 Å². The van der Waals surface area contributed by atoms with Crippen LogP contribution in [0.2, 0.25) is 0 Å². The summed E-state index contributed by atoms with van der Waals surface area (Å²) in [6.45, 7) is 9.70. The molecule has 0 aliphatic heterocycles. The molecule has 7 nitrogen and oxygen atoms in total. The summed E-state index contributed by atoms with van der Waals surface area (Å²) in [4.78, 5) is 34.7. The van der Waals surface area contributed by atoms with Gasteiger partial charge in [0.2, 0.25) is 0 Å². The fourth-order valence-corrected chi connectivity index (χ4v) is 4.00. The highest BCUT2D eigenvalue weighted by Gasteiger charge is 2.08. The van der Waals surface area contributed by atoms with Gasteiger partial charge in [-0.2, -0.15) is 0 Å². The molecule has 8 heteroatoms. The molecule has 0 heterocycles. The third-order valence-corrected chi connectivity index (χ3v) is 6.40. The molecule has 0 aromatic heterocycles. The fraction of sp³-hybridized carbons (Fsp3) is 0.250. The molecule has 0 atom stereocenters. The fourth-order valence-electron chi connectivity index (χ4n) is 4.00. The van der Waals surface area contributed by atoms with E-state index < -0.39 is 17.8 Å². The summed E-state index contributed by atoms with van der Waals surface area (Å²) >= 11 is 0. The molecule has 0 fully saturated rings. The number of unbranched alkanes of at least 4 members (excludes halogenated alkanes) is 3. The van der Waals surface area contributed by atoms with Crippen LogP contribution in [0.1, 0.15) is 43.7 Å². The van der Waals surface area contributed by atoms with Crippen molar-refractivity contribution in [1.82, 2.24) is 0 Å². The van der Waals surface area contributed by atoms with Crippen molar-refractivity contribution in [2.45, 2.75) is 39.0 Å². The van der Waals surface area contributed by atoms with E-state index >= 15 is 0 Å². The van der Waals surface area contributed by atoms with Crippen molar-refractivity contribution in [3.8, 4) is 22.6 Å². The molecule has 0 bridgehead atoms. The Kier molecular flexibility index (Phi) is 13.6. The van der Waals surface area contributed by atoms with Crippen LogP contribution in [-0.4, -0.2) is 37.7 Å². The van der Waals surface area contributed by atoms with Gasteiger partial charge in [-0.3, -0.25) is 0 Å². The normalized spacial score (nSPS) is 10.7. The van der Waals surface area contributed by atoms with E-state index in [0.717, 1.165) is 37.3 Å². The summed E-state index contributed by atoms with van der Waals surface area (Å²) < 4.78 is 36.0. The van der Waals surface area contributed by atoms with Gasteiger partial charge >= 0.3 is 17.9 Å². The van der Waals surface area contributed by atoms with Crippen molar-refractivity contribution in [3.63, 3.8) is 0 Å². The van der Waals surface area contributed by atoms with Crippen LogP contribution in [0.15, 0.2) is 97.6 Å². The van der Waals surface area contributed by atoms with Gasteiger partial charge in [0.15, 0.2) is 0 Å². The van der Waals surface area contributed by atoms with Crippen molar-refractivity contribution in [1.29, 1.82) is 0 Å². The first-order valence-corrected chi connectivity index (χ1v) is 14.4. The Morgan fingerprint density at radius 2 is 1.48 bits per heavy atom. The molecule has 0 saturated carbocycles. The second-order valence-electron chi connectivity index (χ2n) is 9.96. The van der Waals surface area contributed by atoms with E-state index in [9.17, 15) is 18.8 Å². The van der Waals surface area contributed by atoms with Gasteiger partial charge in [-0.15, -0.1) is 0 Å². The van der Waals surface area contributed by atoms with Crippen LogP contribution in [0, 0.1) is 5.82 Å². The number of halogens is 1. The molecule has 0 saturated heterocycles. The highest BCUT2D eigenvalue weighted by atomic mass is 19.1. The minimum Gasteiger partial charge on any atom is -0.494 e. The highest BCUT2D eigenvalue weighted by Crippen LogP contribution is 2.26. The second-order valence-corrected chi connectivity index (χ2v) is 9.96. The zero-order valence-electron chi connectivity index (χ0n) is 24.9. The van der Waals surface area contributed by atoms with Crippen LogP contribution in [0.25, 0.3) is 17.2 Å². The van der Waals surface area contributed by atoms with Gasteiger partial charge in [0.25, 0.3) is 0 Å². The Labute approximate surface area is 257 Å². The summed E-state index contributed by atoms with van der Waals surface area (Å²) in [5.41, 5.74) is 2.97. The van der Waals surface area contributed by atoms with Gasteiger partial charge in [-0.05, 0) is 85.7 Å². The van der Waals surface area contributed by atoms with Crippen molar-refractivity contribution in [2.75, 3.05) is 19.8 Å². The number of benzene rings is 3. The average Bonchev–Trinajstić information content (AvgIpc) is 3.02. The summed E-state index contributed by atoms with van der Waals surface area (Å²) in [5.74, 6) is -0.787. The minimum atomic E-state index is -0.596. The van der Waals surface area contributed by atoms with Gasteiger partial charge < -0.3 is 18.9 Å². The van der Waals surface area contributed by atoms with E-state index in [1.807, 2.05) is 0 Å². The minimum absolute atomic E-state index is 0.225. The molecular formula is C36H37FO7. The zero-order chi connectivity index (χ0) is 31.7. The number of rotatable bonds is 17. The van der Waals surface area contributed by atoms with Crippen LogP contribution in [0.5, 0.6) is 11.5 Å². The third kappa shape index (κ3) is 11.7. The molecule has 0 amide bonds. The largest absolute Gasteiger partial charge is 0.494 e. The molecular weight excluding hydrogens is 563 g/mol. The maximum absolute atomic E-state index is 14.9. The molecule has 0 aliphatic carbocycles. The maximum Gasteiger partial charge on any atom is 0.336 e. The SMILES string of the molecule is C=CC(=O)OCCc1ccc(OC(=O)C=Cc2ccc(-c3ccc(OCCCCCCOC(=O)C(=C)C)cc3)c(F)c2)cc1. The van der Waals surface area contributed by atoms with Crippen molar-refractivity contribution in [2.24, 2.45) is 0 Å². The summed E-state index contributed by atoms with van der Waals surface area (Å²) in [7, 11) is 0. The van der Waals surface area contributed by atoms with E-state index in [1.54, 1.807) is 67.6 Å². The van der Waals surface area contributed by atoms with Gasteiger partial charge in [0.1, 0.15) is 17.3 Å². The number of hydrogen-bond donors (Lipinski definition) is 0. The predicted molar refractivity (Wildman–Crippen MR) is 168 cm³/mol. The molecule has 0 N–H and O–H groups in total. The number of ether oxygens (including phenoxy) is 4. The van der Waals surface area contributed by atoms with Crippen LogP contribution in [0.3, 0.4) is 0 Å². The Morgan fingerprint density at radius 3 is 2.14 bits per heavy atom. The second kappa shape index (κ2) is 17.9. The lowest BCUT2D eigenvalue weighted by molar-refractivity contribution is -0.139. The van der Waals surface area contributed by atoms with Gasteiger partial charge in [0.05, 0.1) is 19.8 Å². The lowest BCUT2D eigenvalue weighted by atomic mass is 10.0. The van der Waals surface area contributed by atoms with Crippen LogP contribution in [0.4, 0.5) is 4.39 Å². The molecule has 3 aromatic carbocycles. The highest BCUT2D eigenvalue weighted by molar-refractivity contribution is 5.89. The average molecular weight is 601 g/mol. The molecule has 3 rings (SSSR count). The Hall–Kier alpha value is -4.98. The lowest BCUT2D eigenvalue weighted by Crippen LogP contribution is -2.06. The van der Waals surface area contributed by atoms with Crippen LogP contribution in [-0.2, 0) is 30.3 Å². The van der Waals surface area contributed by atoms with Gasteiger partial charge in [0, 0.05) is 29.7 Å². The first-order valence-electron chi connectivity index (χ1n) is 14.4. The summed E-state index contributed by atoms with van der Waals surface area (Å²) in [6, 6.07) is 18.8. The molecule has 0 aliphatic rings. The molecule has 44 heavy (non-hydrogen) atoms. The van der Waals surface area contributed by atoms with Crippen LogP contribution < -0.4 is 9.47 Å². The summed E-state index contributed by atoms with van der Waals surface area (Å²) in [6.07, 6.45) is 7.92. The third-order valence-electron chi connectivity index (χ3n) is 6.40. The molecule has 3 aromatic rings. The first kappa shape index (κ1) is 33.5. The van der Waals surface area contributed by atoms with Crippen LogP contribution >= 0.6 is 0 Å². The molecule has 0 unspecified atom stereocenters. The smallest absolute Gasteiger partial charge is 0.336 e. The lowest BCUT2D eigenvalue weighted by Gasteiger charge is -2.09. The van der Waals surface area contributed by atoms with E-state index in [-0.39, 0.29) is 12.6 Å². The van der Waals surface area contributed by atoms with E-state index in [1.165, 1.54) is 18.2 Å². The number of hydrogen-bond acceptors (Lipinski definition) is 7. The maximum atomic E-state index is 14.9. The number of carbonyl (C=O) groups is 3. The molecule has 0 radical (unpaired) electrons. The predicted octanol–water partition coefficient (Wildman–Crippen LogP) is 7.44. The molecule has 0 spiro atoms. The number of esters is 3. The van der Waals surface area contributed by atoms with Crippen molar-refractivity contribution in [3.05, 3.63) is 115 Å². The van der Waals surface area contributed by atoms with Crippen molar-refractivity contribution < 1.29 is 37.7 Å². The topological polar surface area (TPSA) is 88.1 Å². The quantitative estimate of drug-likeness (QED) is 0.0689. The van der Waals surface area contributed by atoms with E-state index in [0.29, 0.717) is 53.4 Å².